The van der Waals surface area contributed by atoms with Crippen LogP contribution in [-0.4, -0.2) is 23.7 Å². The van der Waals surface area contributed by atoms with E-state index in [1.54, 1.807) is 19.1 Å². The zero-order valence-electron chi connectivity index (χ0n) is 10.3. The molecule has 0 heterocycles. The number of guanidine groups is 1. The fourth-order valence-electron chi connectivity index (χ4n) is 1.43. The summed E-state index contributed by atoms with van der Waals surface area (Å²) in [5.41, 5.74) is 6.58. The SMILES string of the molecule is CC(O)CN=C(N)NC(C)c1ccc(Cl)cc1Cl. The number of rotatable bonds is 4. The molecule has 1 aromatic carbocycles. The van der Waals surface area contributed by atoms with Crippen LogP contribution in [0.2, 0.25) is 10.0 Å². The van der Waals surface area contributed by atoms with Crippen LogP contribution in [0.15, 0.2) is 23.2 Å². The molecule has 0 fully saturated rings. The number of hydrogen-bond acceptors (Lipinski definition) is 2. The quantitative estimate of drug-likeness (QED) is 0.589. The van der Waals surface area contributed by atoms with E-state index in [1.807, 2.05) is 13.0 Å². The van der Waals surface area contributed by atoms with Crippen LogP contribution in [0.5, 0.6) is 0 Å². The average molecular weight is 290 g/mol. The van der Waals surface area contributed by atoms with Gasteiger partial charge >= 0.3 is 0 Å². The number of aliphatic hydroxyl groups excluding tert-OH is 1. The minimum absolute atomic E-state index is 0.0903. The van der Waals surface area contributed by atoms with Crippen molar-refractivity contribution in [1.29, 1.82) is 0 Å². The first-order valence-electron chi connectivity index (χ1n) is 5.59. The first-order valence-corrected chi connectivity index (χ1v) is 6.35. The lowest BCUT2D eigenvalue weighted by Gasteiger charge is -2.16. The van der Waals surface area contributed by atoms with E-state index in [0.717, 1.165) is 5.56 Å². The Labute approximate surface area is 117 Å². The molecule has 0 saturated carbocycles. The molecular weight excluding hydrogens is 273 g/mol. The molecule has 4 nitrogen and oxygen atoms in total. The van der Waals surface area contributed by atoms with Crippen LogP contribution in [-0.2, 0) is 0 Å². The van der Waals surface area contributed by atoms with Crippen LogP contribution < -0.4 is 11.1 Å². The Bertz CT molecular complexity index is 435. The molecule has 0 amide bonds. The van der Waals surface area contributed by atoms with Crippen LogP contribution in [0.4, 0.5) is 0 Å². The Morgan fingerprint density at radius 2 is 2.11 bits per heavy atom. The molecule has 2 atom stereocenters. The lowest BCUT2D eigenvalue weighted by atomic mass is 10.1. The van der Waals surface area contributed by atoms with Crippen LogP contribution in [0, 0.1) is 0 Å². The third kappa shape index (κ3) is 4.72. The number of aliphatic hydroxyl groups is 1. The van der Waals surface area contributed by atoms with Gasteiger partial charge < -0.3 is 16.2 Å². The Morgan fingerprint density at radius 1 is 1.44 bits per heavy atom. The molecule has 1 rings (SSSR count). The van der Waals surface area contributed by atoms with Crippen molar-refractivity contribution in [2.75, 3.05) is 6.54 Å². The van der Waals surface area contributed by atoms with Crippen molar-refractivity contribution in [3.63, 3.8) is 0 Å². The molecule has 0 saturated heterocycles. The van der Waals surface area contributed by atoms with Crippen LogP contribution in [0.3, 0.4) is 0 Å². The topological polar surface area (TPSA) is 70.6 Å². The van der Waals surface area contributed by atoms with Gasteiger partial charge in [0.1, 0.15) is 0 Å². The first-order chi connectivity index (χ1) is 8.40. The minimum Gasteiger partial charge on any atom is -0.391 e. The lowest BCUT2D eigenvalue weighted by molar-refractivity contribution is 0.204. The van der Waals surface area contributed by atoms with Crippen molar-refractivity contribution in [3.05, 3.63) is 33.8 Å². The number of nitrogens with one attached hydrogen (secondary N) is 1. The molecule has 1 aromatic rings. The lowest BCUT2D eigenvalue weighted by Crippen LogP contribution is -2.34. The molecule has 0 spiro atoms. The molecule has 0 aromatic heterocycles. The van der Waals surface area contributed by atoms with Gasteiger partial charge in [-0.3, -0.25) is 4.99 Å². The summed E-state index contributed by atoms with van der Waals surface area (Å²) >= 11 is 11.9. The largest absolute Gasteiger partial charge is 0.391 e. The zero-order valence-corrected chi connectivity index (χ0v) is 11.8. The van der Waals surface area contributed by atoms with Gasteiger partial charge in [-0.15, -0.1) is 0 Å². The smallest absolute Gasteiger partial charge is 0.189 e. The average Bonchev–Trinajstić information content (AvgIpc) is 2.26. The fraction of sp³-hybridized carbons (Fsp3) is 0.417. The summed E-state index contributed by atoms with van der Waals surface area (Å²) in [6.07, 6.45) is -0.514. The number of aliphatic imine (C=N–C) groups is 1. The molecule has 0 radical (unpaired) electrons. The van der Waals surface area contributed by atoms with Gasteiger partial charge in [0.25, 0.3) is 0 Å². The molecular formula is C12H17Cl2N3O. The second kappa shape index (κ2) is 6.83. The molecule has 0 aliphatic rings. The summed E-state index contributed by atoms with van der Waals surface area (Å²) in [6.45, 7) is 3.83. The molecule has 0 aliphatic carbocycles. The highest BCUT2D eigenvalue weighted by Crippen LogP contribution is 2.25. The highest BCUT2D eigenvalue weighted by Gasteiger charge is 2.10. The van der Waals surface area contributed by atoms with E-state index in [0.29, 0.717) is 10.0 Å². The van der Waals surface area contributed by atoms with E-state index in [1.165, 1.54) is 0 Å². The van der Waals surface area contributed by atoms with E-state index < -0.39 is 6.10 Å². The van der Waals surface area contributed by atoms with Crippen molar-refractivity contribution >= 4 is 29.2 Å². The van der Waals surface area contributed by atoms with Gasteiger partial charge in [0, 0.05) is 10.0 Å². The van der Waals surface area contributed by atoms with Gasteiger partial charge in [-0.1, -0.05) is 29.3 Å². The monoisotopic (exact) mass is 289 g/mol. The van der Waals surface area contributed by atoms with Gasteiger partial charge in [-0.25, -0.2) is 0 Å². The van der Waals surface area contributed by atoms with Gasteiger partial charge in [0.15, 0.2) is 5.96 Å². The van der Waals surface area contributed by atoms with Crippen molar-refractivity contribution in [3.8, 4) is 0 Å². The van der Waals surface area contributed by atoms with E-state index in [4.69, 9.17) is 34.0 Å². The van der Waals surface area contributed by atoms with Crippen molar-refractivity contribution < 1.29 is 5.11 Å². The third-order valence-corrected chi connectivity index (χ3v) is 2.88. The summed E-state index contributed by atoms with van der Waals surface area (Å²) in [6, 6.07) is 5.20. The summed E-state index contributed by atoms with van der Waals surface area (Å²) in [5.74, 6) is 0.273. The van der Waals surface area contributed by atoms with Crippen LogP contribution >= 0.6 is 23.2 Å². The van der Waals surface area contributed by atoms with Gasteiger partial charge in [-0.05, 0) is 31.5 Å². The van der Waals surface area contributed by atoms with E-state index >= 15 is 0 Å². The maximum Gasteiger partial charge on any atom is 0.189 e. The predicted molar refractivity (Wildman–Crippen MR) is 76.2 cm³/mol. The number of nitrogens with two attached hydrogens (primary N) is 1. The van der Waals surface area contributed by atoms with Gasteiger partial charge in [0.2, 0.25) is 0 Å². The Hall–Kier alpha value is -0.970. The Morgan fingerprint density at radius 3 is 2.67 bits per heavy atom. The summed E-state index contributed by atoms with van der Waals surface area (Å²) in [7, 11) is 0. The third-order valence-electron chi connectivity index (χ3n) is 2.32. The van der Waals surface area contributed by atoms with Crippen molar-refractivity contribution in [2.24, 2.45) is 10.7 Å². The minimum atomic E-state index is -0.514. The number of halogens is 2. The van der Waals surface area contributed by atoms with E-state index in [-0.39, 0.29) is 18.5 Å². The second-order valence-corrected chi connectivity index (χ2v) is 4.95. The fourth-order valence-corrected chi connectivity index (χ4v) is 2.00. The summed E-state index contributed by atoms with van der Waals surface area (Å²) in [4.78, 5) is 4.00. The van der Waals surface area contributed by atoms with E-state index in [2.05, 4.69) is 10.3 Å². The normalized spacial score (nSPS) is 15.3. The molecule has 6 heteroatoms. The summed E-state index contributed by atoms with van der Waals surface area (Å²) in [5, 5.41) is 13.3. The molecule has 100 valence electrons. The maximum atomic E-state index is 9.10. The van der Waals surface area contributed by atoms with Crippen molar-refractivity contribution in [1.82, 2.24) is 5.32 Å². The highest BCUT2D eigenvalue weighted by atomic mass is 35.5. The van der Waals surface area contributed by atoms with Gasteiger partial charge in [-0.2, -0.15) is 0 Å². The Balaban J connectivity index is 2.70. The highest BCUT2D eigenvalue weighted by molar-refractivity contribution is 6.35. The maximum absolute atomic E-state index is 9.10. The van der Waals surface area contributed by atoms with Crippen molar-refractivity contribution in [2.45, 2.75) is 26.0 Å². The van der Waals surface area contributed by atoms with E-state index in [9.17, 15) is 0 Å². The zero-order chi connectivity index (χ0) is 13.7. The number of hydrogen-bond donors (Lipinski definition) is 3. The van der Waals surface area contributed by atoms with Gasteiger partial charge in [0.05, 0.1) is 18.7 Å². The molecule has 18 heavy (non-hydrogen) atoms. The predicted octanol–water partition coefficient (Wildman–Crippen LogP) is 2.34. The second-order valence-electron chi connectivity index (χ2n) is 4.11. The molecule has 2 unspecified atom stereocenters. The molecule has 0 aliphatic heterocycles. The summed E-state index contributed by atoms with van der Waals surface area (Å²) < 4.78 is 0. The Kier molecular flexibility index (Phi) is 5.72. The molecule has 0 bridgehead atoms. The van der Waals surface area contributed by atoms with Crippen LogP contribution in [0.25, 0.3) is 0 Å². The standard InChI is InChI=1S/C12H17Cl2N3O/c1-7(18)6-16-12(15)17-8(2)10-4-3-9(13)5-11(10)14/h3-5,7-8,18H,6H2,1-2H3,(H3,15,16,17). The first kappa shape index (κ1) is 15.1. The number of nitrogens with zero attached hydrogens (tertiary/aromatic N) is 1. The van der Waals surface area contributed by atoms with Crippen LogP contribution in [0.1, 0.15) is 25.5 Å². The molecule has 4 N–H and O–H groups in total. The number of benzene rings is 1.